The number of furan rings is 2. The Labute approximate surface area is 211 Å². The van der Waals surface area contributed by atoms with Gasteiger partial charge in [-0.2, -0.15) is 0 Å². The number of aliphatic hydroxyl groups excluding tert-OH is 1. The Morgan fingerprint density at radius 1 is 1.17 bits per heavy atom. The first-order valence-corrected chi connectivity index (χ1v) is 11.6. The molecule has 1 unspecified atom stereocenters. The van der Waals surface area contributed by atoms with Gasteiger partial charge in [0.2, 0.25) is 5.78 Å². The van der Waals surface area contributed by atoms with Gasteiger partial charge in [0, 0.05) is 23.0 Å². The van der Waals surface area contributed by atoms with E-state index in [0.717, 1.165) is 5.56 Å². The molecule has 0 aliphatic carbocycles. The van der Waals surface area contributed by atoms with E-state index >= 15 is 0 Å². The fourth-order valence-corrected chi connectivity index (χ4v) is 4.59. The van der Waals surface area contributed by atoms with E-state index in [1.54, 1.807) is 24.3 Å². The highest BCUT2D eigenvalue weighted by atomic mass is 35.5. The first-order valence-electron chi connectivity index (χ1n) is 11.2. The molecule has 0 saturated carbocycles. The van der Waals surface area contributed by atoms with E-state index in [4.69, 9.17) is 29.9 Å². The lowest BCUT2D eigenvalue weighted by Gasteiger charge is -2.25. The van der Waals surface area contributed by atoms with Crippen LogP contribution in [-0.2, 0) is 11.3 Å². The highest BCUT2D eigenvalue weighted by Gasteiger charge is 2.46. The second-order valence-electron chi connectivity index (χ2n) is 8.16. The minimum Gasteiger partial charge on any atom is -0.503 e. The molecular weight excluding hydrogens is 486 g/mol. The number of carbonyl (C=O) groups excluding carboxylic acids is 2. The predicted octanol–water partition coefficient (Wildman–Crippen LogP) is 5.87. The normalized spacial score (nSPS) is 15.7. The first kappa shape index (κ1) is 23.6. The van der Waals surface area contributed by atoms with Crippen LogP contribution in [0.1, 0.15) is 34.8 Å². The molecule has 0 radical (unpaired) electrons. The van der Waals surface area contributed by atoms with Crippen LogP contribution in [-0.4, -0.2) is 35.4 Å². The summed E-state index contributed by atoms with van der Waals surface area (Å²) in [6, 6.07) is 14.3. The Hall–Kier alpha value is -4.17. The number of hydrogen-bond acceptors (Lipinski definition) is 7. The van der Waals surface area contributed by atoms with Gasteiger partial charge in [-0.15, -0.1) is 0 Å². The van der Waals surface area contributed by atoms with Crippen LogP contribution in [0.2, 0.25) is 5.02 Å². The maximum Gasteiger partial charge on any atom is 0.290 e. The van der Waals surface area contributed by atoms with Crippen molar-refractivity contribution in [3.05, 3.63) is 94.3 Å². The fraction of sp³-hybridized carbons (Fsp3) is 0.185. The number of methoxy groups -OCH3 is 1. The number of ketones is 1. The minimum atomic E-state index is -0.963. The number of fused-ring (bicyclic) bond motifs is 1. The van der Waals surface area contributed by atoms with Crippen molar-refractivity contribution in [3.8, 4) is 11.5 Å². The van der Waals surface area contributed by atoms with Crippen molar-refractivity contribution < 1.29 is 33.0 Å². The van der Waals surface area contributed by atoms with Crippen LogP contribution in [0.4, 0.5) is 0 Å². The van der Waals surface area contributed by atoms with E-state index in [2.05, 4.69) is 0 Å². The van der Waals surface area contributed by atoms with E-state index in [1.807, 2.05) is 31.2 Å². The van der Waals surface area contributed by atoms with Crippen LogP contribution in [0, 0.1) is 0 Å². The van der Waals surface area contributed by atoms with E-state index in [0.29, 0.717) is 39.9 Å². The number of ether oxygens (including phenoxy) is 2. The summed E-state index contributed by atoms with van der Waals surface area (Å²) in [6.07, 6.45) is 1.44. The summed E-state index contributed by atoms with van der Waals surface area (Å²) in [6.45, 7) is 2.48. The van der Waals surface area contributed by atoms with E-state index in [9.17, 15) is 14.7 Å². The zero-order valence-corrected chi connectivity index (χ0v) is 20.2. The third-order valence-corrected chi connectivity index (χ3v) is 6.13. The molecule has 2 aromatic heterocycles. The number of halogens is 1. The quantitative estimate of drug-likeness (QED) is 0.298. The molecule has 2 aromatic carbocycles. The average molecular weight is 508 g/mol. The van der Waals surface area contributed by atoms with Gasteiger partial charge in [-0.3, -0.25) is 9.59 Å². The van der Waals surface area contributed by atoms with Crippen molar-refractivity contribution in [1.82, 2.24) is 4.90 Å². The first-order chi connectivity index (χ1) is 17.4. The number of carbonyl (C=O) groups is 2. The summed E-state index contributed by atoms with van der Waals surface area (Å²) in [5.41, 5.74) is 0.948. The number of hydrogen-bond donors (Lipinski definition) is 1. The van der Waals surface area contributed by atoms with Gasteiger partial charge in [0.1, 0.15) is 17.6 Å². The predicted molar refractivity (Wildman–Crippen MR) is 131 cm³/mol. The van der Waals surface area contributed by atoms with Crippen molar-refractivity contribution >= 4 is 34.3 Å². The summed E-state index contributed by atoms with van der Waals surface area (Å²) < 4.78 is 22.3. The van der Waals surface area contributed by atoms with Gasteiger partial charge in [-0.25, -0.2) is 0 Å². The molecule has 3 heterocycles. The Morgan fingerprint density at radius 3 is 2.72 bits per heavy atom. The molecule has 184 valence electrons. The summed E-state index contributed by atoms with van der Waals surface area (Å²) in [7, 11) is 1.46. The van der Waals surface area contributed by atoms with Gasteiger partial charge in [-0.1, -0.05) is 23.7 Å². The van der Waals surface area contributed by atoms with Crippen LogP contribution >= 0.6 is 11.6 Å². The summed E-state index contributed by atoms with van der Waals surface area (Å²) in [5, 5.41) is 11.8. The van der Waals surface area contributed by atoms with E-state index in [1.165, 1.54) is 24.3 Å². The van der Waals surface area contributed by atoms with Crippen molar-refractivity contribution in [1.29, 1.82) is 0 Å². The number of amides is 1. The van der Waals surface area contributed by atoms with Gasteiger partial charge in [0.25, 0.3) is 5.91 Å². The average Bonchev–Trinajstić information content (AvgIpc) is 3.59. The van der Waals surface area contributed by atoms with Crippen molar-refractivity contribution in [3.63, 3.8) is 0 Å². The zero-order valence-electron chi connectivity index (χ0n) is 19.5. The minimum absolute atomic E-state index is 0.0725. The second kappa shape index (κ2) is 9.47. The van der Waals surface area contributed by atoms with Crippen LogP contribution in [0.5, 0.6) is 11.5 Å². The number of aliphatic hydroxyl groups is 1. The lowest BCUT2D eigenvalue weighted by Crippen LogP contribution is -2.30. The molecule has 5 rings (SSSR count). The van der Waals surface area contributed by atoms with E-state index < -0.39 is 23.5 Å². The largest absolute Gasteiger partial charge is 0.503 e. The third-order valence-electron chi connectivity index (χ3n) is 5.91. The van der Waals surface area contributed by atoms with Crippen LogP contribution < -0.4 is 9.47 Å². The van der Waals surface area contributed by atoms with Crippen LogP contribution in [0.25, 0.3) is 11.0 Å². The van der Waals surface area contributed by atoms with Gasteiger partial charge in [0.05, 0.1) is 25.6 Å². The van der Waals surface area contributed by atoms with Gasteiger partial charge in [0.15, 0.2) is 22.9 Å². The number of rotatable bonds is 8. The molecular formula is C27H22ClNO7. The Balaban J connectivity index is 1.55. The summed E-state index contributed by atoms with van der Waals surface area (Å²) >= 11 is 6.15. The van der Waals surface area contributed by atoms with Crippen LogP contribution in [0.15, 0.2) is 81.0 Å². The van der Waals surface area contributed by atoms with Gasteiger partial charge in [-0.05, 0) is 48.9 Å². The van der Waals surface area contributed by atoms with Crippen molar-refractivity contribution in [2.45, 2.75) is 19.5 Å². The monoisotopic (exact) mass is 507 g/mol. The van der Waals surface area contributed by atoms with Crippen molar-refractivity contribution in [2.24, 2.45) is 0 Å². The third kappa shape index (κ3) is 4.09. The maximum absolute atomic E-state index is 13.7. The van der Waals surface area contributed by atoms with E-state index in [-0.39, 0.29) is 17.9 Å². The highest BCUT2D eigenvalue weighted by Crippen LogP contribution is 2.41. The fourth-order valence-electron chi connectivity index (χ4n) is 4.37. The van der Waals surface area contributed by atoms with Gasteiger partial charge >= 0.3 is 0 Å². The Kier molecular flexibility index (Phi) is 6.20. The molecule has 0 fully saturated rings. The van der Waals surface area contributed by atoms with Crippen molar-refractivity contribution in [2.75, 3.05) is 13.7 Å². The second-order valence-corrected chi connectivity index (χ2v) is 8.60. The standard InChI is InChI=1S/C27H22ClNO7/c1-3-34-18-7-4-6-15(10-18)14-29-23(19-8-5-9-35-19)22(25(31)27(29)32)24(30)20-12-16-11-17(28)13-21(33-2)26(16)36-20/h4-13,23,31H,3,14H2,1-2H3. The SMILES string of the molecule is CCOc1cccc(CN2C(=O)C(O)=C(C(=O)c3cc4cc(Cl)cc(OC)c4o3)C2c2ccco2)c1. The molecule has 4 aromatic rings. The lowest BCUT2D eigenvalue weighted by atomic mass is 9.99. The number of benzene rings is 2. The Bertz CT molecular complexity index is 1490. The maximum atomic E-state index is 13.7. The molecule has 0 spiro atoms. The molecule has 1 atom stereocenters. The molecule has 0 bridgehead atoms. The number of nitrogens with zero attached hydrogens (tertiary/aromatic N) is 1. The number of Topliss-reactive ketones (excluding diaryl/α,β-unsaturated/α-hetero) is 1. The highest BCUT2D eigenvalue weighted by molar-refractivity contribution is 6.31. The molecule has 1 amide bonds. The molecule has 0 saturated heterocycles. The Morgan fingerprint density at radius 2 is 2.00 bits per heavy atom. The smallest absolute Gasteiger partial charge is 0.290 e. The molecule has 1 aliphatic rings. The molecule has 1 N–H and O–H groups in total. The topological polar surface area (TPSA) is 102 Å². The zero-order chi connectivity index (χ0) is 25.4. The lowest BCUT2D eigenvalue weighted by molar-refractivity contribution is -0.130. The summed E-state index contributed by atoms with van der Waals surface area (Å²) in [5.74, 6) is -0.742. The van der Waals surface area contributed by atoms with Crippen LogP contribution in [0.3, 0.4) is 0 Å². The molecule has 36 heavy (non-hydrogen) atoms. The molecule has 9 heteroatoms. The molecule has 8 nitrogen and oxygen atoms in total. The molecule has 1 aliphatic heterocycles. The van der Waals surface area contributed by atoms with Gasteiger partial charge < -0.3 is 28.3 Å². The summed E-state index contributed by atoms with van der Waals surface area (Å²) in [4.78, 5) is 28.3.